The minimum absolute atomic E-state index is 0.151. The maximum Gasteiger partial charge on any atom is 0.335 e. The number of rotatable bonds is 4. The fourth-order valence-corrected chi connectivity index (χ4v) is 2.82. The number of aryl methyl sites for hydroxylation is 2. The predicted molar refractivity (Wildman–Crippen MR) is 97.8 cm³/mol. The molecule has 0 radical (unpaired) electrons. The molecular weight excluding hydrogens is 356 g/mol. The average Bonchev–Trinajstić information content (AvgIpc) is 2.98. The summed E-state index contributed by atoms with van der Waals surface area (Å²) in [6, 6.07) is 11.5. The number of amides is 1. The molecule has 0 aliphatic rings. The minimum Gasteiger partial charge on any atom is -0.478 e. The van der Waals surface area contributed by atoms with E-state index in [1.54, 1.807) is 44.2 Å². The van der Waals surface area contributed by atoms with E-state index in [4.69, 9.17) is 21.2 Å². The lowest BCUT2D eigenvalue weighted by atomic mass is 10.0. The third kappa shape index (κ3) is 3.32. The Morgan fingerprint density at radius 3 is 2.54 bits per heavy atom. The molecule has 1 aromatic heterocycles. The van der Waals surface area contributed by atoms with Crippen LogP contribution in [-0.2, 0) is 0 Å². The van der Waals surface area contributed by atoms with Gasteiger partial charge in [-0.2, -0.15) is 0 Å². The zero-order valence-electron chi connectivity index (χ0n) is 14.0. The van der Waals surface area contributed by atoms with Gasteiger partial charge in [-0.15, -0.1) is 0 Å². The SMILES string of the molecule is Cc1cc(C(=O)O)ccc1NC(=O)c1c(-c2ccccc2Cl)noc1C. The largest absolute Gasteiger partial charge is 0.478 e. The molecule has 2 N–H and O–H groups in total. The molecule has 0 spiro atoms. The van der Waals surface area contributed by atoms with Gasteiger partial charge < -0.3 is 14.9 Å². The normalized spacial score (nSPS) is 10.6. The van der Waals surface area contributed by atoms with Crippen molar-refractivity contribution in [3.63, 3.8) is 0 Å². The predicted octanol–water partition coefficient (Wildman–Crippen LogP) is 4.56. The highest BCUT2D eigenvalue weighted by Crippen LogP contribution is 2.31. The molecule has 0 saturated heterocycles. The summed E-state index contributed by atoms with van der Waals surface area (Å²) in [5.74, 6) is -1.08. The molecule has 0 aliphatic carbocycles. The summed E-state index contributed by atoms with van der Waals surface area (Å²) in [7, 11) is 0. The monoisotopic (exact) mass is 370 g/mol. The molecule has 132 valence electrons. The summed E-state index contributed by atoms with van der Waals surface area (Å²) in [6.45, 7) is 3.36. The lowest BCUT2D eigenvalue weighted by Gasteiger charge is -2.10. The van der Waals surface area contributed by atoms with Crippen molar-refractivity contribution < 1.29 is 19.2 Å². The highest BCUT2D eigenvalue weighted by Gasteiger charge is 2.23. The zero-order chi connectivity index (χ0) is 18.8. The number of hydrogen-bond donors (Lipinski definition) is 2. The number of carbonyl (C=O) groups excluding carboxylic acids is 1. The fourth-order valence-electron chi connectivity index (χ4n) is 2.60. The number of hydrogen-bond acceptors (Lipinski definition) is 4. The molecule has 7 heteroatoms. The van der Waals surface area contributed by atoms with Gasteiger partial charge in [-0.3, -0.25) is 4.79 Å². The van der Waals surface area contributed by atoms with E-state index in [0.717, 1.165) is 0 Å². The van der Waals surface area contributed by atoms with Crippen molar-refractivity contribution in [1.29, 1.82) is 0 Å². The number of carboxylic acid groups (broad SMARTS) is 1. The maximum absolute atomic E-state index is 12.8. The Kier molecular flexibility index (Phi) is 4.77. The van der Waals surface area contributed by atoms with Gasteiger partial charge in [-0.25, -0.2) is 4.79 Å². The summed E-state index contributed by atoms with van der Waals surface area (Å²) in [5, 5.41) is 16.2. The number of halogens is 1. The van der Waals surface area contributed by atoms with E-state index in [-0.39, 0.29) is 11.1 Å². The van der Waals surface area contributed by atoms with E-state index in [0.29, 0.717) is 33.3 Å². The molecule has 1 amide bonds. The van der Waals surface area contributed by atoms with Gasteiger partial charge in [0.2, 0.25) is 0 Å². The molecule has 0 fully saturated rings. The first-order valence-corrected chi connectivity index (χ1v) is 8.12. The van der Waals surface area contributed by atoms with Gasteiger partial charge >= 0.3 is 5.97 Å². The molecule has 26 heavy (non-hydrogen) atoms. The molecule has 0 bridgehead atoms. The van der Waals surface area contributed by atoms with Crippen LogP contribution >= 0.6 is 11.6 Å². The van der Waals surface area contributed by atoms with Crippen LogP contribution in [0.5, 0.6) is 0 Å². The molecule has 0 aliphatic heterocycles. The van der Waals surface area contributed by atoms with Gasteiger partial charge in [0.05, 0.1) is 10.6 Å². The van der Waals surface area contributed by atoms with Crippen LogP contribution in [0.25, 0.3) is 11.3 Å². The molecule has 0 saturated carbocycles. The number of nitrogens with one attached hydrogen (secondary N) is 1. The first kappa shape index (κ1) is 17.7. The smallest absolute Gasteiger partial charge is 0.335 e. The number of anilines is 1. The average molecular weight is 371 g/mol. The molecule has 1 heterocycles. The summed E-state index contributed by atoms with van der Waals surface area (Å²) in [5.41, 5.74) is 2.51. The molecular formula is C19H15ClN2O4. The number of aromatic carboxylic acids is 1. The van der Waals surface area contributed by atoms with E-state index in [1.165, 1.54) is 12.1 Å². The van der Waals surface area contributed by atoms with Crippen LogP contribution in [0.1, 0.15) is 32.0 Å². The van der Waals surface area contributed by atoms with E-state index >= 15 is 0 Å². The molecule has 0 atom stereocenters. The Labute approximate surface area is 154 Å². The van der Waals surface area contributed by atoms with Crippen molar-refractivity contribution in [3.8, 4) is 11.3 Å². The van der Waals surface area contributed by atoms with Gasteiger partial charge in [0.25, 0.3) is 5.91 Å². The summed E-state index contributed by atoms with van der Waals surface area (Å²) < 4.78 is 5.20. The molecule has 3 aromatic rings. The number of nitrogens with zero attached hydrogens (tertiary/aromatic N) is 1. The quantitative estimate of drug-likeness (QED) is 0.702. The van der Waals surface area contributed by atoms with E-state index in [1.807, 2.05) is 0 Å². The van der Waals surface area contributed by atoms with E-state index < -0.39 is 11.9 Å². The first-order chi connectivity index (χ1) is 12.4. The summed E-state index contributed by atoms with van der Waals surface area (Å²) in [6.07, 6.45) is 0. The Hall–Kier alpha value is -3.12. The van der Waals surface area contributed by atoms with Gasteiger partial charge in [-0.1, -0.05) is 35.0 Å². The second-order valence-corrected chi connectivity index (χ2v) is 6.14. The Balaban J connectivity index is 1.96. The van der Waals surface area contributed by atoms with E-state index in [2.05, 4.69) is 10.5 Å². The molecule has 0 unspecified atom stereocenters. The van der Waals surface area contributed by atoms with Crippen LogP contribution in [0.15, 0.2) is 47.0 Å². The van der Waals surface area contributed by atoms with Crippen LogP contribution in [0, 0.1) is 13.8 Å². The van der Waals surface area contributed by atoms with Crippen LogP contribution in [0.4, 0.5) is 5.69 Å². The molecule has 3 rings (SSSR count). The standard InChI is InChI=1S/C19H15ClN2O4/c1-10-9-12(19(24)25)7-8-15(10)21-18(23)16-11(2)26-22-17(16)13-5-3-4-6-14(13)20/h3-9H,1-2H3,(H,21,23)(H,24,25). The highest BCUT2D eigenvalue weighted by molar-refractivity contribution is 6.33. The highest BCUT2D eigenvalue weighted by atomic mass is 35.5. The Morgan fingerprint density at radius 2 is 1.88 bits per heavy atom. The number of carboxylic acids is 1. The van der Waals surface area contributed by atoms with Crippen molar-refractivity contribution >= 4 is 29.2 Å². The molecule has 6 nitrogen and oxygen atoms in total. The van der Waals surface area contributed by atoms with Crippen molar-refractivity contribution in [1.82, 2.24) is 5.16 Å². The van der Waals surface area contributed by atoms with Crippen LogP contribution in [0.3, 0.4) is 0 Å². The third-order valence-electron chi connectivity index (χ3n) is 3.94. The van der Waals surface area contributed by atoms with Crippen LogP contribution in [-0.4, -0.2) is 22.1 Å². The van der Waals surface area contributed by atoms with Crippen molar-refractivity contribution in [3.05, 3.63) is 69.9 Å². The Morgan fingerprint density at radius 1 is 1.15 bits per heavy atom. The topological polar surface area (TPSA) is 92.4 Å². The second-order valence-electron chi connectivity index (χ2n) is 5.73. The van der Waals surface area contributed by atoms with Gasteiger partial charge in [-0.05, 0) is 43.7 Å². The van der Waals surface area contributed by atoms with Crippen LogP contribution < -0.4 is 5.32 Å². The Bertz CT molecular complexity index is 1010. The van der Waals surface area contributed by atoms with Crippen molar-refractivity contribution in [2.24, 2.45) is 0 Å². The minimum atomic E-state index is -1.03. The van der Waals surface area contributed by atoms with Gasteiger partial charge in [0, 0.05) is 11.3 Å². The van der Waals surface area contributed by atoms with Gasteiger partial charge in [0.1, 0.15) is 17.0 Å². The van der Waals surface area contributed by atoms with E-state index in [9.17, 15) is 9.59 Å². The summed E-state index contributed by atoms with van der Waals surface area (Å²) >= 11 is 6.21. The van der Waals surface area contributed by atoms with Crippen molar-refractivity contribution in [2.75, 3.05) is 5.32 Å². The second kappa shape index (κ2) is 7.01. The number of benzene rings is 2. The molecule has 2 aromatic carbocycles. The van der Waals surface area contributed by atoms with Gasteiger partial charge in [0.15, 0.2) is 0 Å². The fraction of sp³-hybridized carbons (Fsp3) is 0.105. The summed E-state index contributed by atoms with van der Waals surface area (Å²) in [4.78, 5) is 23.8. The third-order valence-corrected chi connectivity index (χ3v) is 4.27. The number of aromatic nitrogens is 1. The maximum atomic E-state index is 12.8. The first-order valence-electron chi connectivity index (χ1n) is 7.75. The lowest BCUT2D eigenvalue weighted by molar-refractivity contribution is 0.0696. The van der Waals surface area contributed by atoms with Crippen molar-refractivity contribution in [2.45, 2.75) is 13.8 Å². The number of carbonyl (C=O) groups is 2. The zero-order valence-corrected chi connectivity index (χ0v) is 14.8. The lowest BCUT2D eigenvalue weighted by Crippen LogP contribution is -2.14. The van der Waals surface area contributed by atoms with Crippen LogP contribution in [0.2, 0.25) is 5.02 Å².